The number of alkyl halides is 2. The normalized spacial score (nSPS) is 13.5. The van der Waals surface area contributed by atoms with E-state index < -0.39 is 31.9 Å². The van der Waals surface area contributed by atoms with Gasteiger partial charge in [-0.3, -0.25) is 4.79 Å². The van der Waals surface area contributed by atoms with E-state index in [2.05, 4.69) is 17.7 Å². The zero-order chi connectivity index (χ0) is 24.6. The average molecular weight is 494 g/mol. The first kappa shape index (κ1) is 24.7. The van der Waals surface area contributed by atoms with Crippen molar-refractivity contribution in [1.82, 2.24) is 9.78 Å². The van der Waals surface area contributed by atoms with Crippen LogP contribution in [0.15, 0.2) is 46.1 Å². The summed E-state index contributed by atoms with van der Waals surface area (Å²) >= 11 is 4.73. The molecule has 1 N–H and O–H groups in total. The molecule has 2 radical (unpaired) electrons. The van der Waals surface area contributed by atoms with Gasteiger partial charge in [-0.25, -0.2) is 13.7 Å². The van der Waals surface area contributed by atoms with Crippen LogP contribution < -0.4 is 10.2 Å². The lowest BCUT2D eigenvalue weighted by Gasteiger charge is -2.17. The topological polar surface area (TPSA) is 108 Å². The fourth-order valence-corrected chi connectivity index (χ4v) is 4.27. The molecule has 0 aliphatic rings. The Labute approximate surface area is 193 Å². The number of benzene rings is 2. The molecule has 0 aliphatic carbocycles. The summed E-state index contributed by atoms with van der Waals surface area (Å²) < 4.78 is 58.8. The first-order valence-electron chi connectivity index (χ1n) is 9.56. The van der Waals surface area contributed by atoms with Crippen LogP contribution in [0.1, 0.15) is 29.9 Å². The van der Waals surface area contributed by atoms with Crippen LogP contribution in [0, 0.1) is 0 Å². The second-order valence-electron chi connectivity index (χ2n) is 6.78. The van der Waals surface area contributed by atoms with Gasteiger partial charge in [-0.15, -0.1) is 0 Å². The molecule has 0 saturated heterocycles. The number of fused-ring (bicyclic) bond motifs is 1. The Bertz CT molecular complexity index is 1390. The number of carbonyl (C=O) groups is 1. The average Bonchev–Trinajstić information content (AvgIpc) is 2.72. The van der Waals surface area contributed by atoms with Crippen LogP contribution in [0.5, 0.6) is 5.75 Å². The lowest BCUT2D eigenvalue weighted by Crippen LogP contribution is -2.26. The maximum atomic E-state index is 13.1. The maximum Gasteiger partial charge on any atom is 0.362 e. The fourth-order valence-electron chi connectivity index (χ4n) is 3.12. The Morgan fingerprint density at radius 1 is 1.27 bits per heavy atom. The number of halogens is 2. The molecule has 8 nitrogen and oxygen atoms in total. The summed E-state index contributed by atoms with van der Waals surface area (Å²) in [5.74, 6) is -1.29. The van der Waals surface area contributed by atoms with Crippen LogP contribution >= 0.6 is 0 Å². The summed E-state index contributed by atoms with van der Waals surface area (Å²) in [5, 5.41) is 3.82. The number of aromatic nitrogens is 2. The highest BCUT2D eigenvalue weighted by atomic mass is 32.8. The van der Waals surface area contributed by atoms with E-state index >= 15 is 0 Å². The highest BCUT2D eigenvalue weighted by molar-refractivity contribution is 8.29. The van der Waals surface area contributed by atoms with E-state index in [1.165, 1.54) is 37.3 Å². The van der Waals surface area contributed by atoms with Gasteiger partial charge in [0.15, 0.2) is 8.77 Å². The molecule has 2 aromatic carbocycles. The molecule has 13 heteroatoms. The Balaban J connectivity index is 2.39. The smallest absolute Gasteiger partial charge is 0.362 e. The zero-order valence-electron chi connectivity index (χ0n) is 17.4. The van der Waals surface area contributed by atoms with Gasteiger partial charge < -0.3 is 14.0 Å². The summed E-state index contributed by atoms with van der Waals surface area (Å²) in [4.78, 5) is 25.2. The minimum atomic E-state index is -4.04. The van der Waals surface area contributed by atoms with Gasteiger partial charge in [-0.2, -0.15) is 13.9 Å². The molecule has 1 heterocycles. The van der Waals surface area contributed by atoms with Crippen LogP contribution in [0.4, 0.5) is 8.78 Å². The highest BCUT2D eigenvalue weighted by Gasteiger charge is 2.25. The second kappa shape index (κ2) is 9.16. The standard InChI is InChI=1S/C20H17BF2N2O6S2/c1-3-11-9-14-16(15(10-11)33(28,29)32)18(26)17(19(27)30-4-2)24-25(14)12-5-7-13(8-6-12)31-20(21,22)23/h5-10H,3-4H2,1-2H3,(H,28,29,32). The van der Waals surface area contributed by atoms with E-state index in [4.69, 9.17) is 15.9 Å². The lowest BCUT2D eigenvalue weighted by atomic mass is 10.1. The third-order valence-corrected chi connectivity index (χ3v) is 5.92. The summed E-state index contributed by atoms with van der Waals surface area (Å²) in [5.41, 5.74) is -0.669. The maximum absolute atomic E-state index is 13.1. The molecule has 33 heavy (non-hydrogen) atoms. The van der Waals surface area contributed by atoms with E-state index in [0.29, 0.717) is 12.0 Å². The molecule has 0 spiro atoms. The molecular formula is C20H17BF2N2O6S2. The summed E-state index contributed by atoms with van der Waals surface area (Å²) in [6, 6.07) is 4.01. The van der Waals surface area contributed by atoms with Gasteiger partial charge in [0.25, 0.3) is 0 Å². The van der Waals surface area contributed by atoms with Crippen LogP contribution in [0.25, 0.3) is 16.6 Å². The molecule has 0 saturated carbocycles. The van der Waals surface area contributed by atoms with E-state index in [9.17, 15) is 27.1 Å². The van der Waals surface area contributed by atoms with Gasteiger partial charge in [0, 0.05) is 11.2 Å². The van der Waals surface area contributed by atoms with Crippen LogP contribution in [-0.4, -0.2) is 45.0 Å². The molecular weight excluding hydrogens is 477 g/mol. The second-order valence-corrected chi connectivity index (χ2v) is 9.53. The third-order valence-electron chi connectivity index (χ3n) is 4.50. The number of nitrogens with zero attached hydrogens (tertiary/aromatic N) is 2. The molecule has 3 aromatic rings. The van der Waals surface area contributed by atoms with Crippen molar-refractivity contribution in [3.63, 3.8) is 0 Å². The monoisotopic (exact) mass is 494 g/mol. The quantitative estimate of drug-likeness (QED) is 0.395. The van der Waals surface area contributed by atoms with Crippen molar-refractivity contribution in [2.24, 2.45) is 0 Å². The largest absolute Gasteiger partial charge is 0.461 e. The van der Waals surface area contributed by atoms with Crippen molar-refractivity contribution in [3.8, 4) is 11.4 Å². The summed E-state index contributed by atoms with van der Waals surface area (Å²) in [7, 11) is 0.516. The van der Waals surface area contributed by atoms with Crippen molar-refractivity contribution in [2.75, 3.05) is 6.61 Å². The Kier molecular flexibility index (Phi) is 6.87. The molecule has 0 bridgehead atoms. The molecule has 1 aromatic heterocycles. The fraction of sp³-hybridized carbons (Fsp3) is 0.250. The Morgan fingerprint density at radius 3 is 2.42 bits per heavy atom. The third kappa shape index (κ3) is 5.37. The molecule has 0 fully saturated rings. The van der Waals surface area contributed by atoms with Gasteiger partial charge in [0.1, 0.15) is 5.75 Å². The van der Waals surface area contributed by atoms with Gasteiger partial charge >= 0.3 is 12.0 Å². The van der Waals surface area contributed by atoms with Crippen LogP contribution in [0.2, 0.25) is 0 Å². The van der Waals surface area contributed by atoms with Gasteiger partial charge in [-0.05, 0) is 55.3 Å². The van der Waals surface area contributed by atoms with Crippen molar-refractivity contribution in [2.45, 2.75) is 31.2 Å². The molecule has 0 aliphatic heterocycles. The Morgan fingerprint density at radius 2 is 1.91 bits per heavy atom. The number of hydrogen-bond donors (Lipinski definition) is 1. The number of aryl methyl sites for hydroxylation is 1. The first-order chi connectivity index (χ1) is 15.4. The number of rotatable bonds is 7. The van der Waals surface area contributed by atoms with E-state index in [-0.39, 0.29) is 33.8 Å². The van der Waals surface area contributed by atoms with Crippen molar-refractivity contribution >= 4 is 44.7 Å². The zero-order valence-corrected chi connectivity index (χ0v) is 19.0. The van der Waals surface area contributed by atoms with Gasteiger partial charge in [-0.1, -0.05) is 6.92 Å². The first-order valence-corrected chi connectivity index (χ1v) is 12.0. The Hall–Kier alpha value is -2.90. The van der Waals surface area contributed by atoms with Gasteiger partial charge in [0.05, 0.1) is 28.1 Å². The minimum absolute atomic E-state index is 0.0449. The van der Waals surface area contributed by atoms with Crippen molar-refractivity contribution in [3.05, 3.63) is 57.9 Å². The summed E-state index contributed by atoms with van der Waals surface area (Å²) in [6.07, 6.45) is 0.431. The van der Waals surface area contributed by atoms with E-state index in [1.54, 1.807) is 13.0 Å². The predicted molar refractivity (Wildman–Crippen MR) is 120 cm³/mol. The number of esters is 1. The van der Waals surface area contributed by atoms with E-state index in [0.717, 1.165) is 4.68 Å². The number of ether oxygens (including phenoxy) is 2. The van der Waals surface area contributed by atoms with Gasteiger partial charge in [0.2, 0.25) is 19.0 Å². The number of carbonyl (C=O) groups excluding carboxylic acids is 1. The van der Waals surface area contributed by atoms with Crippen molar-refractivity contribution in [1.29, 1.82) is 0 Å². The lowest BCUT2D eigenvalue weighted by molar-refractivity contribution is -0.0972. The summed E-state index contributed by atoms with van der Waals surface area (Å²) in [6.45, 7) is 3.28. The predicted octanol–water partition coefficient (Wildman–Crippen LogP) is 2.80. The highest BCUT2D eigenvalue weighted by Crippen LogP contribution is 2.27. The molecule has 0 amide bonds. The molecule has 3 rings (SSSR count). The SMILES string of the molecule is [B]C(F)(F)Oc1ccc(-n2nc(C(=O)OCC)c(=O)c3c(S(=O)(O)=S)cc(CC)cc32)cc1. The van der Waals surface area contributed by atoms with Crippen LogP contribution in [-0.2, 0) is 31.1 Å². The minimum Gasteiger partial charge on any atom is -0.461 e. The van der Waals surface area contributed by atoms with Crippen molar-refractivity contribution < 1.29 is 31.8 Å². The van der Waals surface area contributed by atoms with E-state index in [1.807, 2.05) is 0 Å². The molecule has 1 unspecified atom stereocenters. The molecule has 172 valence electrons. The molecule has 1 atom stereocenters. The number of hydrogen-bond acceptors (Lipinski definition) is 7. The van der Waals surface area contributed by atoms with Crippen LogP contribution in [0.3, 0.4) is 0 Å².